The van der Waals surface area contributed by atoms with Crippen molar-refractivity contribution in [1.82, 2.24) is 35.8 Å². The number of alkyl halides is 3. The SMILES string of the molecule is CCc1cc(Nc2ncc(Br)c(Nc3cnc4ccccc4c3P(C)(C)=O)n2)c(OCC(F)(F)F)cc1C1(C2CNCCN2CCC2CCN(c3cc(F)c(C4CCC(=O)NC4=O)c(F)c3)CC2)CCNCC1. The van der Waals surface area contributed by atoms with Crippen LogP contribution in [0.2, 0.25) is 0 Å². The second-order valence-electron chi connectivity index (χ2n) is 20.0. The topological polar surface area (TPSA) is 166 Å². The van der Waals surface area contributed by atoms with Gasteiger partial charge in [-0.05, 0) is 141 Å². The van der Waals surface area contributed by atoms with Gasteiger partial charge in [-0.3, -0.25) is 24.8 Å². The summed E-state index contributed by atoms with van der Waals surface area (Å²) in [4.78, 5) is 42.4. The lowest BCUT2D eigenvalue weighted by molar-refractivity contribution is -0.153. The molecule has 4 aliphatic rings. The number of carbonyl (C=O) groups is 2. The molecular formula is C52H61BrF5N10O4P. The number of anilines is 5. The van der Waals surface area contributed by atoms with Crippen molar-refractivity contribution in [3.63, 3.8) is 0 Å². The van der Waals surface area contributed by atoms with Crippen molar-refractivity contribution >= 4 is 79.9 Å². The molecule has 0 radical (unpaired) electrons. The third-order valence-electron chi connectivity index (χ3n) is 15.0. The van der Waals surface area contributed by atoms with Crippen molar-refractivity contribution in [3.8, 4) is 5.75 Å². The molecule has 0 saturated carbocycles. The van der Waals surface area contributed by atoms with Crippen LogP contribution in [-0.2, 0) is 26.0 Å². The first-order valence-electron chi connectivity index (χ1n) is 25.0. The number of ether oxygens (including phenoxy) is 1. The molecule has 3 aromatic carbocycles. The summed E-state index contributed by atoms with van der Waals surface area (Å²) in [6.07, 6.45) is 3.23. The molecule has 2 unspecified atom stereocenters. The lowest BCUT2D eigenvalue weighted by Gasteiger charge is -2.52. The van der Waals surface area contributed by atoms with E-state index in [1.807, 2.05) is 42.2 Å². The van der Waals surface area contributed by atoms with E-state index in [-0.39, 0.29) is 41.8 Å². The Balaban J connectivity index is 0.950. The predicted molar refractivity (Wildman–Crippen MR) is 278 cm³/mol. The van der Waals surface area contributed by atoms with Gasteiger partial charge < -0.3 is 35.5 Å². The van der Waals surface area contributed by atoms with Crippen LogP contribution >= 0.6 is 23.1 Å². The molecule has 4 aliphatic heterocycles. The highest BCUT2D eigenvalue weighted by atomic mass is 79.9. The van der Waals surface area contributed by atoms with E-state index in [0.717, 1.165) is 81.3 Å². The maximum absolute atomic E-state index is 15.5. The molecule has 5 aromatic rings. The van der Waals surface area contributed by atoms with E-state index in [0.29, 0.717) is 64.5 Å². The standard InChI is InChI=1S/C52H61BrF5N10O4P/c1-4-32-23-41(64-50-62-27-37(53)48(66-50)63-42-28-61-40-8-6-5-7-34(40)47(42)73(2,3)71)43(72-30-52(56,57)58)26-36(32)51(14-16-59-17-15-51)44-29-60-18-22-68(44)21-13-31-11-19-67(20-12-31)33-24-38(54)46(39(55)25-33)35-9-10-45(69)65-49(35)70/h5-8,23-28,31,35,44,59-60H,4,9-22,29-30H2,1-3H3,(H,65,69,70)(H2,62,63,64,66). The maximum Gasteiger partial charge on any atom is 0.422 e. The number of fused-ring (bicyclic) bond motifs is 1. The number of para-hydroxylation sites is 1. The number of piperazine rings is 1. The molecular weight excluding hydrogens is 1030 g/mol. The molecule has 4 saturated heterocycles. The van der Waals surface area contributed by atoms with Crippen LogP contribution in [-0.4, -0.2) is 116 Å². The number of aromatic nitrogens is 3. The Morgan fingerprint density at radius 3 is 2.36 bits per heavy atom. The Bertz CT molecular complexity index is 2890. The third kappa shape index (κ3) is 11.7. The number of aryl methyl sites for hydroxylation is 1. The molecule has 0 spiro atoms. The first-order chi connectivity index (χ1) is 34.9. The molecule has 0 bridgehead atoms. The van der Waals surface area contributed by atoms with Gasteiger partial charge in [-0.25, -0.2) is 13.8 Å². The highest BCUT2D eigenvalue weighted by molar-refractivity contribution is 9.10. The van der Waals surface area contributed by atoms with Gasteiger partial charge in [0, 0.05) is 78.7 Å². The number of hydrogen-bond donors (Lipinski definition) is 5. The fourth-order valence-electron chi connectivity index (χ4n) is 11.4. The van der Waals surface area contributed by atoms with Gasteiger partial charge in [0.05, 0.1) is 33.5 Å². The summed E-state index contributed by atoms with van der Waals surface area (Å²) in [6, 6.07) is 13.7. The summed E-state index contributed by atoms with van der Waals surface area (Å²) in [6.45, 7) is 9.65. The highest BCUT2D eigenvalue weighted by Crippen LogP contribution is 2.47. The molecule has 2 amide bonds. The van der Waals surface area contributed by atoms with E-state index in [1.165, 1.54) is 18.3 Å². The summed E-state index contributed by atoms with van der Waals surface area (Å²) in [7, 11) is -2.86. The molecule has 14 nitrogen and oxygen atoms in total. The number of carbonyl (C=O) groups excluding carboxylic acids is 2. The molecule has 73 heavy (non-hydrogen) atoms. The number of piperidine rings is 3. The van der Waals surface area contributed by atoms with E-state index in [9.17, 15) is 27.3 Å². The van der Waals surface area contributed by atoms with Gasteiger partial charge in [0.1, 0.15) is 30.3 Å². The average molecular weight is 1100 g/mol. The summed E-state index contributed by atoms with van der Waals surface area (Å²) in [5.74, 6) is -2.99. The maximum atomic E-state index is 15.5. The first kappa shape index (κ1) is 52.6. The quantitative estimate of drug-likeness (QED) is 0.0384. The van der Waals surface area contributed by atoms with E-state index in [2.05, 4.69) is 57.4 Å². The zero-order chi connectivity index (χ0) is 51.7. The summed E-state index contributed by atoms with van der Waals surface area (Å²) in [5, 5.41) is 17.2. The molecule has 2 aromatic heterocycles. The Labute approximate surface area is 429 Å². The Kier molecular flexibility index (Phi) is 15.8. The molecule has 4 fully saturated rings. The van der Waals surface area contributed by atoms with Crippen LogP contribution in [0.25, 0.3) is 10.9 Å². The van der Waals surface area contributed by atoms with Crippen molar-refractivity contribution in [1.29, 1.82) is 0 Å². The van der Waals surface area contributed by atoms with Gasteiger partial charge in [-0.15, -0.1) is 0 Å². The molecule has 9 rings (SSSR count). The third-order valence-corrected chi connectivity index (χ3v) is 17.1. The number of imide groups is 1. The minimum Gasteiger partial charge on any atom is -0.482 e. The first-order valence-corrected chi connectivity index (χ1v) is 28.4. The van der Waals surface area contributed by atoms with Crippen LogP contribution in [0.4, 0.5) is 50.8 Å². The van der Waals surface area contributed by atoms with Crippen LogP contribution in [0, 0.1) is 17.6 Å². The predicted octanol–water partition coefficient (Wildman–Crippen LogP) is 9.03. The van der Waals surface area contributed by atoms with Crippen LogP contribution in [0.5, 0.6) is 5.75 Å². The van der Waals surface area contributed by atoms with Gasteiger partial charge in [-0.1, -0.05) is 25.1 Å². The fourth-order valence-corrected chi connectivity index (χ4v) is 13.2. The fraction of sp³-hybridized carbons (Fsp3) is 0.481. The number of hydrogen-bond acceptors (Lipinski definition) is 13. The molecule has 6 heterocycles. The highest BCUT2D eigenvalue weighted by Gasteiger charge is 2.47. The van der Waals surface area contributed by atoms with Crippen molar-refractivity contribution in [2.45, 2.75) is 81.8 Å². The number of amides is 2. The van der Waals surface area contributed by atoms with Crippen LogP contribution in [0.1, 0.15) is 74.5 Å². The average Bonchev–Trinajstić information content (AvgIpc) is 3.36. The summed E-state index contributed by atoms with van der Waals surface area (Å²) < 4.78 is 92.9. The molecule has 21 heteroatoms. The van der Waals surface area contributed by atoms with Gasteiger partial charge in [0.15, 0.2) is 6.61 Å². The van der Waals surface area contributed by atoms with Gasteiger partial charge in [-0.2, -0.15) is 18.2 Å². The van der Waals surface area contributed by atoms with Crippen LogP contribution < -0.4 is 41.5 Å². The summed E-state index contributed by atoms with van der Waals surface area (Å²) in [5.41, 5.74) is 3.05. The van der Waals surface area contributed by atoms with Crippen LogP contribution in [0.3, 0.4) is 0 Å². The number of pyridine rings is 1. The van der Waals surface area contributed by atoms with Gasteiger partial charge >= 0.3 is 6.18 Å². The van der Waals surface area contributed by atoms with Gasteiger partial charge in [0.2, 0.25) is 17.8 Å². The molecule has 0 aliphatic carbocycles. The number of benzene rings is 3. The molecule has 2 atom stereocenters. The number of rotatable bonds is 15. The lowest BCUT2D eigenvalue weighted by Crippen LogP contribution is -2.63. The summed E-state index contributed by atoms with van der Waals surface area (Å²) >= 11 is 3.54. The Morgan fingerprint density at radius 1 is 0.918 bits per heavy atom. The zero-order valence-electron chi connectivity index (χ0n) is 41.1. The molecule has 5 N–H and O–H groups in total. The van der Waals surface area contributed by atoms with Crippen molar-refractivity contribution < 1.29 is 40.8 Å². The van der Waals surface area contributed by atoms with E-state index < -0.39 is 54.7 Å². The number of nitrogens with zero attached hydrogens (tertiary/aromatic N) is 5. The Morgan fingerprint density at radius 2 is 1.66 bits per heavy atom. The van der Waals surface area contributed by atoms with Crippen LogP contribution in [0.15, 0.2) is 65.4 Å². The monoisotopic (exact) mass is 1090 g/mol. The van der Waals surface area contributed by atoms with Crippen molar-refractivity contribution in [2.24, 2.45) is 5.92 Å². The largest absolute Gasteiger partial charge is 0.482 e. The van der Waals surface area contributed by atoms with E-state index in [1.54, 1.807) is 25.6 Å². The van der Waals surface area contributed by atoms with Crippen molar-refractivity contribution in [2.75, 3.05) is 87.8 Å². The normalized spacial score (nSPS) is 20.3. The van der Waals surface area contributed by atoms with Gasteiger partial charge in [0.25, 0.3) is 0 Å². The van der Waals surface area contributed by atoms with E-state index in [4.69, 9.17) is 9.72 Å². The second-order valence-corrected chi connectivity index (χ2v) is 24.0. The minimum absolute atomic E-state index is 0.0105. The number of nitrogens with one attached hydrogen (secondary N) is 5. The number of halogens is 6. The van der Waals surface area contributed by atoms with Crippen molar-refractivity contribution in [3.05, 3.63) is 93.7 Å². The minimum atomic E-state index is -4.61. The van der Waals surface area contributed by atoms with E-state index >= 15 is 8.78 Å². The second kappa shape index (κ2) is 21.9. The lowest BCUT2D eigenvalue weighted by atomic mass is 9.65. The molecule has 390 valence electrons. The zero-order valence-corrected chi connectivity index (χ0v) is 43.6. The Hall–Kier alpha value is -5.27. The smallest absolute Gasteiger partial charge is 0.422 e.